The second kappa shape index (κ2) is 5.89. The summed E-state index contributed by atoms with van der Waals surface area (Å²) in [6, 6.07) is 12.6. The van der Waals surface area contributed by atoms with Gasteiger partial charge in [-0.25, -0.2) is 0 Å². The van der Waals surface area contributed by atoms with Crippen molar-refractivity contribution in [3.63, 3.8) is 0 Å². The lowest BCUT2D eigenvalue weighted by Crippen LogP contribution is -2.27. The zero-order valence-electron chi connectivity index (χ0n) is 9.91. The summed E-state index contributed by atoms with van der Waals surface area (Å²) in [6.45, 7) is 3.05. The second-order valence-corrected chi connectivity index (χ2v) is 4.75. The van der Waals surface area contributed by atoms with Gasteiger partial charge in [0.05, 0.1) is 0 Å². The average Bonchev–Trinajstić information content (AvgIpc) is 2.79. The molecule has 0 radical (unpaired) electrons. The number of nitrogens with one attached hydrogen (secondary N) is 2. The maximum Gasteiger partial charge on any atom is 0.0408 e. The lowest BCUT2D eigenvalue weighted by atomic mass is 10.1. The summed E-state index contributed by atoms with van der Waals surface area (Å²) >= 11 is 5.96. The van der Waals surface area contributed by atoms with Gasteiger partial charge in [-0.05, 0) is 43.2 Å². The number of aromatic nitrogens is 1. The Kier molecular flexibility index (Phi) is 4.24. The van der Waals surface area contributed by atoms with E-state index in [0.29, 0.717) is 6.04 Å². The predicted molar refractivity (Wildman–Crippen MR) is 72.3 cm³/mol. The summed E-state index contributed by atoms with van der Waals surface area (Å²) in [4.78, 5) is 3.18. The SMILES string of the molecule is CC(Cc1cccc(Cl)c1)NCc1ccc[nH]1. The van der Waals surface area contributed by atoms with Crippen molar-refractivity contribution in [2.45, 2.75) is 25.9 Å². The second-order valence-electron chi connectivity index (χ2n) is 4.31. The molecule has 0 aliphatic carbocycles. The van der Waals surface area contributed by atoms with Crippen LogP contribution in [-0.2, 0) is 13.0 Å². The summed E-state index contributed by atoms with van der Waals surface area (Å²) in [6.07, 6.45) is 2.93. The van der Waals surface area contributed by atoms with Gasteiger partial charge in [0.1, 0.15) is 0 Å². The first-order valence-corrected chi connectivity index (χ1v) is 6.22. The van der Waals surface area contributed by atoms with Crippen molar-refractivity contribution in [2.75, 3.05) is 0 Å². The molecule has 17 heavy (non-hydrogen) atoms. The lowest BCUT2D eigenvalue weighted by molar-refractivity contribution is 0.541. The van der Waals surface area contributed by atoms with Gasteiger partial charge in [-0.1, -0.05) is 23.7 Å². The van der Waals surface area contributed by atoms with Crippen molar-refractivity contribution in [2.24, 2.45) is 0 Å². The summed E-state index contributed by atoms with van der Waals surface area (Å²) in [5.41, 5.74) is 2.48. The quantitative estimate of drug-likeness (QED) is 0.834. The molecule has 0 saturated heterocycles. The molecule has 0 bridgehead atoms. The molecule has 3 heteroatoms. The van der Waals surface area contributed by atoms with Crippen LogP contribution < -0.4 is 5.32 Å². The van der Waals surface area contributed by atoms with Crippen molar-refractivity contribution < 1.29 is 0 Å². The standard InChI is InChI=1S/C14H17ClN2/c1-11(17-10-14-6-3-7-16-14)8-12-4-2-5-13(15)9-12/h2-7,9,11,16-17H,8,10H2,1H3. The highest BCUT2D eigenvalue weighted by atomic mass is 35.5. The monoisotopic (exact) mass is 248 g/mol. The minimum absolute atomic E-state index is 0.428. The Morgan fingerprint density at radius 3 is 2.88 bits per heavy atom. The first-order valence-electron chi connectivity index (χ1n) is 5.84. The zero-order chi connectivity index (χ0) is 12.1. The van der Waals surface area contributed by atoms with Gasteiger partial charge in [0.2, 0.25) is 0 Å². The highest BCUT2D eigenvalue weighted by Gasteiger charge is 2.03. The lowest BCUT2D eigenvalue weighted by Gasteiger charge is -2.13. The number of rotatable bonds is 5. The van der Waals surface area contributed by atoms with Gasteiger partial charge in [0, 0.05) is 29.5 Å². The normalized spacial score (nSPS) is 12.6. The van der Waals surface area contributed by atoms with Gasteiger partial charge in [-0.15, -0.1) is 0 Å². The molecule has 0 spiro atoms. The Hall–Kier alpha value is -1.25. The van der Waals surface area contributed by atoms with Gasteiger partial charge in [0.15, 0.2) is 0 Å². The van der Waals surface area contributed by atoms with E-state index >= 15 is 0 Å². The minimum atomic E-state index is 0.428. The molecule has 2 aromatic rings. The smallest absolute Gasteiger partial charge is 0.0408 e. The first-order chi connectivity index (χ1) is 8.24. The van der Waals surface area contributed by atoms with Crippen LogP contribution in [0.1, 0.15) is 18.2 Å². The topological polar surface area (TPSA) is 27.8 Å². The highest BCUT2D eigenvalue weighted by Crippen LogP contribution is 2.12. The van der Waals surface area contributed by atoms with Crippen molar-refractivity contribution >= 4 is 11.6 Å². The number of hydrogen-bond donors (Lipinski definition) is 2. The molecule has 2 rings (SSSR count). The van der Waals surface area contributed by atoms with Crippen molar-refractivity contribution in [3.8, 4) is 0 Å². The molecule has 0 aliphatic heterocycles. The highest BCUT2D eigenvalue weighted by molar-refractivity contribution is 6.30. The molecule has 90 valence electrons. The number of benzene rings is 1. The van der Waals surface area contributed by atoms with Crippen LogP contribution in [0.4, 0.5) is 0 Å². The van der Waals surface area contributed by atoms with E-state index in [9.17, 15) is 0 Å². The molecule has 0 aliphatic rings. The Morgan fingerprint density at radius 1 is 1.29 bits per heavy atom. The van der Waals surface area contributed by atoms with E-state index in [1.54, 1.807) is 0 Å². The third-order valence-electron chi connectivity index (χ3n) is 2.73. The molecule has 2 N–H and O–H groups in total. The van der Waals surface area contributed by atoms with Crippen molar-refractivity contribution in [3.05, 3.63) is 58.9 Å². The van der Waals surface area contributed by atoms with Crippen LogP contribution in [-0.4, -0.2) is 11.0 Å². The van der Waals surface area contributed by atoms with E-state index in [2.05, 4.69) is 29.4 Å². The van der Waals surface area contributed by atoms with Gasteiger partial charge < -0.3 is 10.3 Å². The first kappa shape index (κ1) is 12.2. The van der Waals surface area contributed by atoms with E-state index < -0.39 is 0 Å². The van der Waals surface area contributed by atoms with E-state index in [1.807, 2.05) is 30.5 Å². The average molecular weight is 249 g/mol. The number of H-pyrrole nitrogens is 1. The summed E-state index contributed by atoms with van der Waals surface area (Å²) in [7, 11) is 0. The van der Waals surface area contributed by atoms with Gasteiger partial charge in [0.25, 0.3) is 0 Å². The Labute approximate surface area is 107 Å². The van der Waals surface area contributed by atoms with Crippen LogP contribution in [0.25, 0.3) is 0 Å². The fourth-order valence-corrected chi connectivity index (χ4v) is 2.06. The van der Waals surface area contributed by atoms with Gasteiger partial charge in [-0.2, -0.15) is 0 Å². The van der Waals surface area contributed by atoms with E-state index in [-0.39, 0.29) is 0 Å². The van der Waals surface area contributed by atoms with Crippen LogP contribution in [0, 0.1) is 0 Å². The van der Waals surface area contributed by atoms with Crippen LogP contribution in [0.3, 0.4) is 0 Å². The Bertz CT molecular complexity index is 451. The van der Waals surface area contributed by atoms with Crippen LogP contribution >= 0.6 is 11.6 Å². The Balaban J connectivity index is 1.83. The van der Waals surface area contributed by atoms with E-state index in [0.717, 1.165) is 18.0 Å². The summed E-state index contributed by atoms with van der Waals surface area (Å²) in [5.74, 6) is 0. The molecular formula is C14H17ClN2. The largest absolute Gasteiger partial charge is 0.364 e. The summed E-state index contributed by atoms with van der Waals surface area (Å²) in [5, 5.41) is 4.28. The molecule has 1 heterocycles. The van der Waals surface area contributed by atoms with Gasteiger partial charge in [-0.3, -0.25) is 0 Å². The van der Waals surface area contributed by atoms with Crippen LogP contribution in [0.5, 0.6) is 0 Å². The van der Waals surface area contributed by atoms with Crippen molar-refractivity contribution in [1.82, 2.24) is 10.3 Å². The molecule has 0 amide bonds. The maximum atomic E-state index is 5.96. The fourth-order valence-electron chi connectivity index (χ4n) is 1.85. The molecular weight excluding hydrogens is 232 g/mol. The Morgan fingerprint density at radius 2 is 2.18 bits per heavy atom. The van der Waals surface area contributed by atoms with E-state index in [1.165, 1.54) is 11.3 Å². The summed E-state index contributed by atoms with van der Waals surface area (Å²) < 4.78 is 0. The molecule has 1 aromatic carbocycles. The van der Waals surface area contributed by atoms with Crippen molar-refractivity contribution in [1.29, 1.82) is 0 Å². The van der Waals surface area contributed by atoms with Crippen LogP contribution in [0.2, 0.25) is 5.02 Å². The van der Waals surface area contributed by atoms with Gasteiger partial charge >= 0.3 is 0 Å². The minimum Gasteiger partial charge on any atom is -0.364 e. The van der Waals surface area contributed by atoms with Crippen LogP contribution in [0.15, 0.2) is 42.6 Å². The number of aromatic amines is 1. The maximum absolute atomic E-state index is 5.96. The molecule has 0 fully saturated rings. The van der Waals surface area contributed by atoms with E-state index in [4.69, 9.17) is 11.6 Å². The number of hydrogen-bond acceptors (Lipinski definition) is 1. The third-order valence-corrected chi connectivity index (χ3v) is 2.97. The number of halogens is 1. The third kappa shape index (κ3) is 3.91. The molecule has 1 aromatic heterocycles. The fraction of sp³-hybridized carbons (Fsp3) is 0.286. The molecule has 0 saturated carbocycles. The molecule has 1 atom stereocenters. The molecule has 1 unspecified atom stereocenters. The predicted octanol–water partition coefficient (Wildman–Crippen LogP) is 3.39. The molecule has 2 nitrogen and oxygen atoms in total. The zero-order valence-corrected chi connectivity index (χ0v) is 10.7.